The molecule has 2 bridgehead atoms. The molecule has 0 saturated carbocycles. The minimum absolute atomic E-state index is 0.0221. The number of cyclic esters (lactones) is 1. The molecule has 0 spiro atoms. The quantitative estimate of drug-likeness (QED) is 0.0714. The van der Waals surface area contributed by atoms with E-state index < -0.39 is 77.7 Å². The minimum Gasteiger partial charge on any atom is -0.505 e. The van der Waals surface area contributed by atoms with Gasteiger partial charge in [0, 0.05) is 55.2 Å². The van der Waals surface area contributed by atoms with Crippen LogP contribution in [0.5, 0.6) is 5.75 Å². The largest absolute Gasteiger partial charge is 0.505 e. The first-order chi connectivity index (χ1) is 31.2. The average molecular weight is 940 g/mol. The number of carbonyl (C=O) groups excluding carboxylic acids is 2. The van der Waals surface area contributed by atoms with Gasteiger partial charge in [-0.25, -0.2) is 0 Å². The third-order valence-corrected chi connectivity index (χ3v) is 14.9. The predicted octanol–water partition coefficient (Wildman–Crippen LogP) is 5.59. The van der Waals surface area contributed by atoms with Crippen molar-refractivity contribution in [2.24, 2.45) is 23.7 Å². The Bertz CT molecular complexity index is 2130. The van der Waals surface area contributed by atoms with Gasteiger partial charge < -0.3 is 49.0 Å². The second-order valence-electron chi connectivity index (χ2n) is 19.7. The zero-order valence-electron chi connectivity index (χ0n) is 39.9. The highest BCUT2D eigenvalue weighted by atomic mass is 32.1. The molecule has 14 atom stereocenters. The number of fused-ring (bicyclic) bond motifs is 2. The maximum absolute atomic E-state index is 13.9. The summed E-state index contributed by atoms with van der Waals surface area (Å²) in [6.07, 6.45) is 2.43. The number of nitrogens with zero attached hydrogens (tertiary/aromatic N) is 5. The molecule has 3 saturated heterocycles. The molecule has 0 radical (unpaired) electrons. The van der Waals surface area contributed by atoms with Gasteiger partial charge in [0.25, 0.3) is 0 Å². The number of ketones is 1. The highest BCUT2D eigenvalue weighted by Gasteiger charge is 2.55. The van der Waals surface area contributed by atoms with E-state index in [0.29, 0.717) is 17.6 Å². The maximum Gasteiger partial charge on any atom is 0.311 e. The van der Waals surface area contributed by atoms with Gasteiger partial charge in [-0.05, 0) is 84.5 Å². The van der Waals surface area contributed by atoms with Crippen LogP contribution in [0.15, 0.2) is 48.8 Å². The normalized spacial score (nSPS) is 34.6. The zero-order chi connectivity index (χ0) is 48.1. The van der Waals surface area contributed by atoms with Crippen LogP contribution in [0, 0.1) is 28.3 Å². The highest BCUT2D eigenvalue weighted by Crippen LogP contribution is 2.43. The summed E-state index contributed by atoms with van der Waals surface area (Å²) in [7, 11) is 1.95. The number of hydrogen-bond acceptors (Lipinski definition) is 15. The SMILES string of the molecule is CC[C@H]1OC(=O)[C@H](C)[C@@H](O)[C@H](C)[C@@H](O[C@@H]2O[C@H](C)C[C@H](N(C)Cc3ccc(-c4cn(CCCCCCCn5cccc(O)c5=S)nn4)cc3)[C@H]2O)[C@@]2(C)C[C@@H](CO2)C(=O)[C@H](C)[C@@H](O)[C@]1(C)O. The number of aromatic nitrogens is 4. The first kappa shape index (κ1) is 51.7. The second kappa shape index (κ2) is 22.2. The van der Waals surface area contributed by atoms with Gasteiger partial charge in [0.1, 0.15) is 39.7 Å². The highest BCUT2D eigenvalue weighted by molar-refractivity contribution is 7.71. The van der Waals surface area contributed by atoms with Crippen LogP contribution in [-0.4, -0.2) is 136 Å². The Morgan fingerprint density at radius 3 is 2.33 bits per heavy atom. The molecule has 5 N–H and O–H groups in total. The van der Waals surface area contributed by atoms with E-state index >= 15 is 0 Å². The number of unbranched alkanes of at least 4 members (excludes halogenated alkanes) is 4. The van der Waals surface area contributed by atoms with Crippen LogP contribution in [-0.2, 0) is 48.2 Å². The first-order valence-corrected chi connectivity index (χ1v) is 24.2. The number of likely N-dealkylation sites (N-methyl/N-ethyl adjacent to an activating group) is 1. The van der Waals surface area contributed by atoms with E-state index in [-0.39, 0.29) is 43.1 Å². The fourth-order valence-electron chi connectivity index (χ4n) is 10.2. The Hall–Kier alpha value is -3.65. The molecule has 3 fully saturated rings. The Morgan fingerprint density at radius 2 is 1.64 bits per heavy atom. The summed E-state index contributed by atoms with van der Waals surface area (Å²) in [5, 5.41) is 65.1. The van der Waals surface area contributed by atoms with Crippen LogP contribution < -0.4 is 0 Å². The number of hydrogen-bond donors (Lipinski definition) is 5. The Kier molecular flexibility index (Phi) is 17.4. The van der Waals surface area contributed by atoms with Gasteiger partial charge in [-0.3, -0.25) is 19.2 Å². The first-order valence-electron chi connectivity index (χ1n) is 23.8. The molecule has 6 rings (SSSR count). The van der Waals surface area contributed by atoms with Crippen LogP contribution in [0.1, 0.15) is 105 Å². The van der Waals surface area contributed by atoms with Gasteiger partial charge in [0.15, 0.2) is 6.29 Å². The maximum atomic E-state index is 13.9. The van der Waals surface area contributed by atoms with Crippen molar-refractivity contribution in [2.45, 2.75) is 180 Å². The van der Waals surface area contributed by atoms with Crippen molar-refractivity contribution in [3.05, 3.63) is 59.0 Å². The van der Waals surface area contributed by atoms with Crippen LogP contribution >= 0.6 is 12.2 Å². The van der Waals surface area contributed by atoms with E-state index in [1.807, 2.05) is 59.9 Å². The van der Waals surface area contributed by atoms with Gasteiger partial charge >= 0.3 is 5.97 Å². The average Bonchev–Trinajstić information content (AvgIpc) is 3.94. The van der Waals surface area contributed by atoms with Crippen molar-refractivity contribution in [1.82, 2.24) is 24.5 Å². The number of rotatable bonds is 15. The summed E-state index contributed by atoms with van der Waals surface area (Å²) in [4.78, 5) is 29.5. The van der Waals surface area contributed by atoms with Crippen molar-refractivity contribution >= 4 is 24.0 Å². The molecular formula is C49H73N5O11S. The molecule has 5 heterocycles. The summed E-state index contributed by atoms with van der Waals surface area (Å²) in [5.41, 5.74) is -0.344. The molecule has 3 aliphatic rings. The third kappa shape index (κ3) is 11.8. The van der Waals surface area contributed by atoms with Crippen LogP contribution in [0.3, 0.4) is 0 Å². The molecule has 1 aromatic carbocycles. The van der Waals surface area contributed by atoms with Gasteiger partial charge in [-0.15, -0.1) is 5.10 Å². The van der Waals surface area contributed by atoms with E-state index in [9.17, 15) is 35.1 Å². The van der Waals surface area contributed by atoms with Crippen LogP contribution in [0.25, 0.3) is 11.3 Å². The number of ether oxygens (including phenoxy) is 4. The molecule has 2 aromatic heterocycles. The lowest BCUT2D eigenvalue weighted by molar-refractivity contribution is -0.299. The van der Waals surface area contributed by atoms with Gasteiger partial charge in [0.2, 0.25) is 0 Å². The fourth-order valence-corrected chi connectivity index (χ4v) is 10.4. The van der Waals surface area contributed by atoms with Crippen LogP contribution in [0.2, 0.25) is 0 Å². The summed E-state index contributed by atoms with van der Waals surface area (Å²) in [5.74, 6) is -4.44. The van der Waals surface area contributed by atoms with Gasteiger partial charge in [-0.2, -0.15) is 0 Å². The topological polar surface area (TPSA) is 211 Å². The molecule has 0 aliphatic carbocycles. The number of benzene rings is 1. The molecule has 0 unspecified atom stereocenters. The molecule has 17 heteroatoms. The molecule has 0 amide bonds. The molecule has 3 aliphatic heterocycles. The smallest absolute Gasteiger partial charge is 0.311 e. The molecular weight excluding hydrogens is 867 g/mol. The predicted molar refractivity (Wildman–Crippen MR) is 248 cm³/mol. The third-order valence-electron chi connectivity index (χ3n) is 14.4. The Labute approximate surface area is 394 Å². The number of aryl methyl sites for hydroxylation is 2. The van der Waals surface area contributed by atoms with Crippen molar-refractivity contribution in [2.75, 3.05) is 13.7 Å². The van der Waals surface area contributed by atoms with E-state index in [1.165, 1.54) is 13.8 Å². The fraction of sp³-hybridized carbons (Fsp3) is 0.694. The molecule has 16 nitrogen and oxygen atoms in total. The number of esters is 1. The number of aliphatic hydroxyl groups excluding tert-OH is 3. The number of aromatic hydroxyl groups is 1. The summed E-state index contributed by atoms with van der Waals surface area (Å²) in [6, 6.07) is 11.2. The van der Waals surface area contributed by atoms with Crippen molar-refractivity contribution in [3.8, 4) is 17.0 Å². The lowest BCUT2D eigenvalue weighted by Crippen LogP contribution is -2.59. The number of aliphatic hydroxyl groups is 4. The van der Waals surface area contributed by atoms with E-state index in [0.717, 1.165) is 62.0 Å². The number of carbonyl (C=O) groups is 2. The summed E-state index contributed by atoms with van der Waals surface area (Å²) in [6.45, 7) is 13.7. The minimum atomic E-state index is -1.94. The lowest BCUT2D eigenvalue weighted by atomic mass is 9.75. The van der Waals surface area contributed by atoms with E-state index in [1.54, 1.807) is 39.8 Å². The second-order valence-corrected chi connectivity index (χ2v) is 20.0. The standard InChI is InChI=1S/C49H73N5O11S/c1-9-39-49(7,61)43(59)30(3)41(57)35-25-48(6,62-28-35)44(31(4)40(56)32(5)46(60)64-39)65-47-42(58)37(24-29(2)63-47)52(8)26-33-17-19-34(20-18-33)36-27-54(51-50-36)23-14-12-10-11-13-21-53-22-15-16-38(55)45(53)66/h15-20,22,27,29-32,35,37,39-40,42-44,47,55-56,58-59,61H,9-14,21,23-26,28H2,1-8H3/t29-,30+,31+,32-,35+,37+,39-,40+,42-,43-,44-,47+,48-,49-/m1/s1. The number of Topliss-reactive ketones (excluding diaryl/α,β-unsaturated/α-hetero) is 1. The lowest BCUT2D eigenvalue weighted by Gasteiger charge is -2.47. The molecule has 366 valence electrons. The zero-order valence-corrected chi connectivity index (χ0v) is 40.7. The van der Waals surface area contributed by atoms with Crippen LogP contribution in [0.4, 0.5) is 0 Å². The summed E-state index contributed by atoms with van der Waals surface area (Å²) < 4.78 is 29.4. The molecule has 66 heavy (non-hydrogen) atoms. The van der Waals surface area contributed by atoms with Gasteiger partial charge in [0.05, 0.1) is 48.7 Å². The summed E-state index contributed by atoms with van der Waals surface area (Å²) >= 11 is 5.29. The van der Waals surface area contributed by atoms with Crippen molar-refractivity contribution < 1.29 is 54.1 Å². The van der Waals surface area contributed by atoms with E-state index in [4.69, 9.17) is 31.2 Å². The van der Waals surface area contributed by atoms with E-state index in [2.05, 4.69) is 15.2 Å². The number of pyridine rings is 1. The van der Waals surface area contributed by atoms with Gasteiger partial charge in [-0.1, -0.05) is 81.7 Å². The van der Waals surface area contributed by atoms with Crippen molar-refractivity contribution in [3.63, 3.8) is 0 Å². The monoisotopic (exact) mass is 940 g/mol. The van der Waals surface area contributed by atoms with Crippen molar-refractivity contribution in [1.29, 1.82) is 0 Å². The Balaban J connectivity index is 1.07. The molecule has 3 aromatic rings. The Morgan fingerprint density at radius 1 is 0.955 bits per heavy atom.